The van der Waals surface area contributed by atoms with Crippen molar-refractivity contribution < 1.29 is 19.1 Å². The van der Waals surface area contributed by atoms with E-state index in [0.29, 0.717) is 44.1 Å². The van der Waals surface area contributed by atoms with Gasteiger partial charge in [-0.25, -0.2) is 0 Å². The fourth-order valence-electron chi connectivity index (χ4n) is 3.64. The molecule has 2 aromatic rings. The summed E-state index contributed by atoms with van der Waals surface area (Å²) in [4.78, 5) is 27.7. The Morgan fingerprint density at radius 1 is 0.939 bits per heavy atom. The standard InChI is InChI=1S/C27H38N2O4/c1-7-32-24-14-12-22(17-25(24)33-8-2)13-15-26(30)29(21(6)27(31)28-19(3)4)18-23-11-9-10-20(5)16-23/h9-12,14,16-17,19,21H,7-8,13,15,18H2,1-6H3,(H,28,31)/t21-/m1/s1. The molecule has 6 nitrogen and oxygen atoms in total. The molecule has 33 heavy (non-hydrogen) atoms. The first-order chi connectivity index (χ1) is 15.7. The molecule has 2 aromatic carbocycles. The first-order valence-electron chi connectivity index (χ1n) is 11.8. The van der Waals surface area contributed by atoms with E-state index in [1.54, 1.807) is 11.8 Å². The van der Waals surface area contributed by atoms with E-state index >= 15 is 0 Å². The second-order valence-corrected chi connectivity index (χ2v) is 8.50. The van der Waals surface area contributed by atoms with Crippen molar-refractivity contribution in [2.24, 2.45) is 0 Å². The van der Waals surface area contributed by atoms with Gasteiger partial charge in [-0.2, -0.15) is 0 Å². The van der Waals surface area contributed by atoms with Crippen molar-refractivity contribution in [2.75, 3.05) is 13.2 Å². The number of carbonyl (C=O) groups excluding carboxylic acids is 2. The van der Waals surface area contributed by atoms with E-state index in [-0.39, 0.29) is 17.9 Å². The fraction of sp³-hybridized carbons (Fsp3) is 0.481. The van der Waals surface area contributed by atoms with E-state index in [1.165, 1.54) is 0 Å². The Kier molecular flexibility index (Phi) is 10.2. The number of ether oxygens (including phenoxy) is 2. The van der Waals surface area contributed by atoms with Crippen LogP contribution in [-0.2, 0) is 22.6 Å². The largest absolute Gasteiger partial charge is 0.490 e. The third kappa shape index (κ3) is 8.12. The zero-order valence-corrected chi connectivity index (χ0v) is 20.8. The molecule has 180 valence electrons. The molecule has 1 atom stereocenters. The van der Waals surface area contributed by atoms with Crippen molar-refractivity contribution in [1.82, 2.24) is 10.2 Å². The van der Waals surface area contributed by atoms with Crippen LogP contribution in [0.1, 0.15) is 57.7 Å². The lowest BCUT2D eigenvalue weighted by atomic mass is 10.1. The Bertz CT molecular complexity index is 926. The Morgan fingerprint density at radius 3 is 2.27 bits per heavy atom. The second kappa shape index (κ2) is 12.9. The van der Waals surface area contributed by atoms with Crippen LogP contribution in [-0.4, -0.2) is 42.0 Å². The molecule has 2 amide bonds. The number of aryl methyl sites for hydroxylation is 2. The van der Waals surface area contributed by atoms with Gasteiger partial charge in [0, 0.05) is 19.0 Å². The van der Waals surface area contributed by atoms with Gasteiger partial charge in [0.05, 0.1) is 13.2 Å². The summed E-state index contributed by atoms with van der Waals surface area (Å²) in [6.07, 6.45) is 0.846. The first-order valence-corrected chi connectivity index (χ1v) is 11.8. The summed E-state index contributed by atoms with van der Waals surface area (Å²) in [5.41, 5.74) is 3.12. The minimum absolute atomic E-state index is 0.0108. The third-order valence-corrected chi connectivity index (χ3v) is 5.27. The van der Waals surface area contributed by atoms with Gasteiger partial charge in [0.2, 0.25) is 11.8 Å². The van der Waals surface area contributed by atoms with Crippen molar-refractivity contribution >= 4 is 11.8 Å². The summed E-state index contributed by atoms with van der Waals surface area (Å²) >= 11 is 0. The van der Waals surface area contributed by atoms with Crippen LogP contribution in [0.4, 0.5) is 0 Å². The van der Waals surface area contributed by atoms with E-state index in [0.717, 1.165) is 16.7 Å². The molecule has 0 spiro atoms. The average Bonchev–Trinajstić information content (AvgIpc) is 2.76. The molecule has 0 aromatic heterocycles. The highest BCUT2D eigenvalue weighted by Crippen LogP contribution is 2.29. The van der Waals surface area contributed by atoms with Crippen LogP contribution >= 0.6 is 0 Å². The molecular weight excluding hydrogens is 416 g/mol. The van der Waals surface area contributed by atoms with Crippen LogP contribution in [0.25, 0.3) is 0 Å². The minimum atomic E-state index is -0.570. The van der Waals surface area contributed by atoms with Crippen LogP contribution in [0, 0.1) is 6.92 Å². The van der Waals surface area contributed by atoms with Gasteiger partial charge in [0.15, 0.2) is 11.5 Å². The number of rotatable bonds is 12. The van der Waals surface area contributed by atoms with Crippen molar-refractivity contribution in [2.45, 2.75) is 73.0 Å². The van der Waals surface area contributed by atoms with Gasteiger partial charge < -0.3 is 19.7 Å². The number of benzene rings is 2. The van der Waals surface area contributed by atoms with Gasteiger partial charge in [0.1, 0.15) is 6.04 Å². The molecule has 0 saturated heterocycles. The predicted molar refractivity (Wildman–Crippen MR) is 132 cm³/mol. The van der Waals surface area contributed by atoms with E-state index in [9.17, 15) is 9.59 Å². The maximum atomic E-state index is 13.3. The zero-order chi connectivity index (χ0) is 24.4. The Labute approximate surface area is 198 Å². The van der Waals surface area contributed by atoms with Crippen LogP contribution < -0.4 is 14.8 Å². The number of nitrogens with zero attached hydrogens (tertiary/aromatic N) is 1. The maximum Gasteiger partial charge on any atom is 0.242 e. The highest BCUT2D eigenvalue weighted by molar-refractivity contribution is 5.87. The molecule has 0 unspecified atom stereocenters. The van der Waals surface area contributed by atoms with Crippen LogP contribution in [0.5, 0.6) is 11.5 Å². The lowest BCUT2D eigenvalue weighted by Crippen LogP contribution is -2.49. The number of carbonyl (C=O) groups is 2. The van der Waals surface area contributed by atoms with Gasteiger partial charge in [-0.3, -0.25) is 9.59 Å². The van der Waals surface area contributed by atoms with Crippen LogP contribution in [0.15, 0.2) is 42.5 Å². The lowest BCUT2D eigenvalue weighted by Gasteiger charge is -2.29. The second-order valence-electron chi connectivity index (χ2n) is 8.50. The average molecular weight is 455 g/mol. The van der Waals surface area contributed by atoms with Gasteiger partial charge in [-0.15, -0.1) is 0 Å². The molecule has 2 rings (SSSR count). The number of hydrogen-bond acceptors (Lipinski definition) is 4. The Morgan fingerprint density at radius 2 is 1.64 bits per heavy atom. The van der Waals surface area contributed by atoms with Gasteiger partial charge in [-0.1, -0.05) is 35.9 Å². The summed E-state index contributed by atoms with van der Waals surface area (Å²) in [5, 5.41) is 2.93. The zero-order valence-electron chi connectivity index (χ0n) is 20.8. The molecule has 0 fully saturated rings. The molecule has 6 heteroatoms. The quantitative estimate of drug-likeness (QED) is 0.506. The topological polar surface area (TPSA) is 67.9 Å². The molecule has 0 heterocycles. The predicted octanol–water partition coefficient (Wildman–Crippen LogP) is 4.67. The van der Waals surface area contributed by atoms with E-state index in [2.05, 4.69) is 5.32 Å². The molecule has 1 N–H and O–H groups in total. The van der Waals surface area contributed by atoms with E-state index < -0.39 is 6.04 Å². The normalized spacial score (nSPS) is 11.7. The van der Waals surface area contributed by atoms with Crippen molar-refractivity contribution in [3.05, 3.63) is 59.2 Å². The molecule has 0 saturated carbocycles. The maximum absolute atomic E-state index is 13.3. The van der Waals surface area contributed by atoms with Crippen LogP contribution in [0.3, 0.4) is 0 Å². The van der Waals surface area contributed by atoms with Gasteiger partial charge in [-0.05, 0) is 71.2 Å². The minimum Gasteiger partial charge on any atom is -0.490 e. The van der Waals surface area contributed by atoms with Crippen molar-refractivity contribution in [1.29, 1.82) is 0 Å². The first kappa shape index (κ1) is 26.2. The van der Waals surface area contributed by atoms with Gasteiger partial charge in [0.25, 0.3) is 0 Å². The highest BCUT2D eigenvalue weighted by atomic mass is 16.5. The molecule has 0 aliphatic carbocycles. The number of amides is 2. The summed E-state index contributed by atoms with van der Waals surface area (Å²) in [6, 6.07) is 13.2. The fourth-order valence-corrected chi connectivity index (χ4v) is 3.64. The van der Waals surface area contributed by atoms with E-state index in [4.69, 9.17) is 9.47 Å². The van der Waals surface area contributed by atoms with Crippen LogP contribution in [0.2, 0.25) is 0 Å². The van der Waals surface area contributed by atoms with E-state index in [1.807, 2.05) is 77.1 Å². The van der Waals surface area contributed by atoms with Crippen molar-refractivity contribution in [3.8, 4) is 11.5 Å². The lowest BCUT2D eigenvalue weighted by molar-refractivity contribution is -0.140. The van der Waals surface area contributed by atoms with Gasteiger partial charge >= 0.3 is 0 Å². The molecule has 0 bridgehead atoms. The highest BCUT2D eigenvalue weighted by Gasteiger charge is 2.26. The molecule has 0 radical (unpaired) electrons. The smallest absolute Gasteiger partial charge is 0.242 e. The number of hydrogen-bond donors (Lipinski definition) is 1. The summed E-state index contributed by atoms with van der Waals surface area (Å²) in [5.74, 6) is 1.18. The van der Waals surface area contributed by atoms with Crippen molar-refractivity contribution in [3.63, 3.8) is 0 Å². The molecule has 0 aliphatic rings. The Hall–Kier alpha value is -3.02. The third-order valence-electron chi connectivity index (χ3n) is 5.27. The molecular formula is C27H38N2O4. The Balaban J connectivity index is 2.18. The summed E-state index contributed by atoms with van der Waals surface area (Å²) in [6.45, 7) is 13.0. The SMILES string of the molecule is CCOc1ccc(CCC(=O)N(Cc2cccc(C)c2)[C@H](C)C(=O)NC(C)C)cc1OCC. The summed E-state index contributed by atoms with van der Waals surface area (Å²) < 4.78 is 11.3. The number of nitrogens with one attached hydrogen (secondary N) is 1. The molecule has 0 aliphatic heterocycles. The monoisotopic (exact) mass is 454 g/mol. The summed E-state index contributed by atoms with van der Waals surface area (Å²) in [7, 11) is 0.